The number of piperazine rings is 1. The van der Waals surface area contributed by atoms with E-state index in [2.05, 4.69) is 44.2 Å². The minimum atomic E-state index is -0.490. The van der Waals surface area contributed by atoms with E-state index < -0.39 is 5.60 Å². The van der Waals surface area contributed by atoms with Gasteiger partial charge in [0, 0.05) is 55.9 Å². The highest BCUT2D eigenvalue weighted by molar-refractivity contribution is 6.29. The molecule has 1 aliphatic heterocycles. The van der Waals surface area contributed by atoms with Crippen LogP contribution in [0.5, 0.6) is 0 Å². The van der Waals surface area contributed by atoms with E-state index in [4.69, 9.17) is 16.3 Å². The largest absolute Gasteiger partial charge is 0.444 e. The van der Waals surface area contributed by atoms with Gasteiger partial charge in [0.05, 0.1) is 5.69 Å². The SMILES string of the molecule is CC1CN(Cc2cccc(Nc3nccc(-c4ccc(Cl)nc4)n3)c2)CCN1C(=O)OC(C)(C)C. The van der Waals surface area contributed by atoms with Gasteiger partial charge in [-0.2, -0.15) is 0 Å². The molecule has 1 amide bonds. The van der Waals surface area contributed by atoms with Gasteiger partial charge in [0.1, 0.15) is 10.8 Å². The maximum absolute atomic E-state index is 12.5. The first-order chi connectivity index (χ1) is 16.7. The van der Waals surface area contributed by atoms with Gasteiger partial charge in [0.25, 0.3) is 0 Å². The van der Waals surface area contributed by atoms with Gasteiger partial charge in [0.2, 0.25) is 5.95 Å². The summed E-state index contributed by atoms with van der Waals surface area (Å²) in [6.45, 7) is 10.8. The van der Waals surface area contributed by atoms with Gasteiger partial charge in [-0.25, -0.2) is 19.7 Å². The lowest BCUT2D eigenvalue weighted by molar-refractivity contribution is 0.000564. The number of amides is 1. The average molecular weight is 495 g/mol. The highest BCUT2D eigenvalue weighted by atomic mass is 35.5. The van der Waals surface area contributed by atoms with Crippen molar-refractivity contribution in [2.24, 2.45) is 0 Å². The minimum Gasteiger partial charge on any atom is -0.444 e. The van der Waals surface area contributed by atoms with E-state index in [9.17, 15) is 4.79 Å². The molecule has 9 heteroatoms. The molecule has 0 radical (unpaired) electrons. The molecule has 1 unspecified atom stereocenters. The van der Waals surface area contributed by atoms with Crippen molar-refractivity contribution in [1.29, 1.82) is 0 Å². The smallest absolute Gasteiger partial charge is 0.410 e. The van der Waals surface area contributed by atoms with Gasteiger partial charge < -0.3 is 15.0 Å². The monoisotopic (exact) mass is 494 g/mol. The predicted octanol–water partition coefficient (Wildman–Crippen LogP) is 5.38. The number of aromatic nitrogens is 3. The number of hydrogen-bond donors (Lipinski definition) is 1. The zero-order valence-corrected chi connectivity index (χ0v) is 21.3. The van der Waals surface area contributed by atoms with Crippen LogP contribution in [0.15, 0.2) is 54.9 Å². The number of hydrogen-bond acceptors (Lipinski definition) is 7. The molecular weight excluding hydrogens is 464 g/mol. The third-order valence-corrected chi connectivity index (χ3v) is 5.83. The Kier molecular flexibility index (Phi) is 7.52. The summed E-state index contributed by atoms with van der Waals surface area (Å²) in [5.41, 5.74) is 3.23. The topological polar surface area (TPSA) is 83.5 Å². The van der Waals surface area contributed by atoms with Crippen molar-refractivity contribution in [3.8, 4) is 11.3 Å². The van der Waals surface area contributed by atoms with Gasteiger partial charge in [-0.3, -0.25) is 4.90 Å². The van der Waals surface area contributed by atoms with Crippen molar-refractivity contribution in [1.82, 2.24) is 24.8 Å². The van der Waals surface area contributed by atoms with Crippen LogP contribution in [0.4, 0.5) is 16.4 Å². The number of carbonyl (C=O) groups is 1. The molecule has 3 heterocycles. The van der Waals surface area contributed by atoms with E-state index in [1.54, 1.807) is 18.5 Å². The number of carbonyl (C=O) groups excluding carboxylic acids is 1. The molecule has 0 saturated carbocycles. The molecule has 184 valence electrons. The van der Waals surface area contributed by atoms with Gasteiger partial charge in [-0.1, -0.05) is 23.7 Å². The van der Waals surface area contributed by atoms with Crippen LogP contribution in [-0.2, 0) is 11.3 Å². The number of benzene rings is 1. The standard InChI is InChI=1S/C26H31ClN6O2/c1-18-16-32(12-13-33(18)25(34)35-26(2,3)4)17-19-6-5-7-21(14-19)30-24-28-11-10-22(31-24)20-8-9-23(27)29-15-20/h5-11,14-15,18H,12-13,16-17H2,1-4H3,(H,28,30,31). The first kappa shape index (κ1) is 24.9. The molecule has 3 aromatic rings. The van der Waals surface area contributed by atoms with Crippen molar-refractivity contribution in [3.05, 3.63) is 65.6 Å². The Bertz CT molecular complexity index is 1170. The number of nitrogens with one attached hydrogen (secondary N) is 1. The van der Waals surface area contributed by atoms with Crippen LogP contribution in [0.3, 0.4) is 0 Å². The van der Waals surface area contributed by atoms with E-state index in [1.807, 2.05) is 49.9 Å². The van der Waals surface area contributed by atoms with Crippen molar-refractivity contribution in [3.63, 3.8) is 0 Å². The number of anilines is 2. The van der Waals surface area contributed by atoms with Gasteiger partial charge in [-0.05, 0) is 63.6 Å². The van der Waals surface area contributed by atoms with Crippen molar-refractivity contribution in [2.45, 2.75) is 45.9 Å². The molecular formula is C26H31ClN6O2. The summed E-state index contributed by atoms with van der Waals surface area (Å²) in [4.78, 5) is 29.8. The molecule has 1 fully saturated rings. The number of nitrogens with zero attached hydrogens (tertiary/aromatic N) is 5. The number of pyridine rings is 1. The Hall–Kier alpha value is -3.23. The van der Waals surface area contributed by atoms with Crippen LogP contribution < -0.4 is 5.32 Å². The zero-order valence-electron chi connectivity index (χ0n) is 20.5. The minimum absolute atomic E-state index is 0.0819. The molecule has 0 aliphatic carbocycles. The Morgan fingerprint density at radius 3 is 2.71 bits per heavy atom. The predicted molar refractivity (Wildman–Crippen MR) is 138 cm³/mol. The Morgan fingerprint density at radius 2 is 2.00 bits per heavy atom. The molecule has 2 aromatic heterocycles. The van der Waals surface area contributed by atoms with Crippen LogP contribution >= 0.6 is 11.6 Å². The lowest BCUT2D eigenvalue weighted by atomic mass is 10.1. The number of rotatable bonds is 5. The molecule has 1 N–H and O–H groups in total. The first-order valence-corrected chi connectivity index (χ1v) is 12.1. The summed E-state index contributed by atoms with van der Waals surface area (Å²) in [6.07, 6.45) is 3.17. The Balaban J connectivity index is 1.37. The summed E-state index contributed by atoms with van der Waals surface area (Å²) in [7, 11) is 0. The Morgan fingerprint density at radius 1 is 1.17 bits per heavy atom. The second kappa shape index (κ2) is 10.6. The van der Waals surface area contributed by atoms with Crippen molar-refractivity contribution >= 4 is 29.3 Å². The van der Waals surface area contributed by atoms with Crippen LogP contribution in [0.1, 0.15) is 33.3 Å². The summed E-state index contributed by atoms with van der Waals surface area (Å²) in [5, 5.41) is 3.74. The molecule has 1 saturated heterocycles. The van der Waals surface area contributed by atoms with E-state index in [-0.39, 0.29) is 12.1 Å². The van der Waals surface area contributed by atoms with Gasteiger partial charge in [0.15, 0.2) is 0 Å². The van der Waals surface area contributed by atoms with Crippen LogP contribution in [0, 0.1) is 0 Å². The molecule has 1 aliphatic rings. The second-order valence-electron chi connectivity index (χ2n) is 9.72. The first-order valence-electron chi connectivity index (χ1n) is 11.7. The second-order valence-corrected chi connectivity index (χ2v) is 10.1. The maximum Gasteiger partial charge on any atom is 0.410 e. The summed E-state index contributed by atoms with van der Waals surface area (Å²) >= 11 is 5.89. The normalized spacial score (nSPS) is 16.7. The zero-order chi connectivity index (χ0) is 25.0. The van der Waals surface area contributed by atoms with E-state index in [0.29, 0.717) is 17.6 Å². The van der Waals surface area contributed by atoms with E-state index in [1.165, 1.54) is 5.56 Å². The fourth-order valence-corrected chi connectivity index (χ4v) is 4.12. The third-order valence-electron chi connectivity index (χ3n) is 5.61. The van der Waals surface area contributed by atoms with E-state index in [0.717, 1.165) is 36.6 Å². The quantitative estimate of drug-likeness (QED) is 0.477. The summed E-state index contributed by atoms with van der Waals surface area (Å²) in [6, 6.07) is 13.8. The molecule has 35 heavy (non-hydrogen) atoms. The van der Waals surface area contributed by atoms with E-state index >= 15 is 0 Å². The fraction of sp³-hybridized carbons (Fsp3) is 0.385. The molecule has 1 atom stereocenters. The van der Waals surface area contributed by atoms with Crippen molar-refractivity contribution in [2.75, 3.05) is 25.0 Å². The van der Waals surface area contributed by atoms with Crippen LogP contribution in [-0.4, -0.2) is 62.1 Å². The third kappa shape index (κ3) is 6.90. The number of halogens is 1. The lowest BCUT2D eigenvalue weighted by Gasteiger charge is -2.40. The lowest BCUT2D eigenvalue weighted by Crippen LogP contribution is -2.54. The molecule has 4 rings (SSSR count). The number of ether oxygens (including phenoxy) is 1. The van der Waals surface area contributed by atoms with Crippen LogP contribution in [0.2, 0.25) is 5.15 Å². The molecule has 0 bridgehead atoms. The summed E-state index contributed by atoms with van der Waals surface area (Å²) in [5.74, 6) is 0.509. The molecule has 1 aromatic carbocycles. The van der Waals surface area contributed by atoms with Gasteiger partial charge in [-0.15, -0.1) is 0 Å². The summed E-state index contributed by atoms with van der Waals surface area (Å²) < 4.78 is 5.55. The highest BCUT2D eigenvalue weighted by Gasteiger charge is 2.30. The maximum atomic E-state index is 12.5. The fourth-order valence-electron chi connectivity index (χ4n) is 4.01. The Labute approximate surface area is 211 Å². The molecule has 0 spiro atoms. The van der Waals surface area contributed by atoms with Crippen molar-refractivity contribution < 1.29 is 9.53 Å². The molecule has 8 nitrogen and oxygen atoms in total. The van der Waals surface area contributed by atoms with Crippen LogP contribution in [0.25, 0.3) is 11.3 Å². The average Bonchev–Trinajstić information content (AvgIpc) is 2.79. The van der Waals surface area contributed by atoms with Gasteiger partial charge >= 0.3 is 6.09 Å². The highest BCUT2D eigenvalue weighted by Crippen LogP contribution is 2.22.